The van der Waals surface area contributed by atoms with Gasteiger partial charge in [0.15, 0.2) is 5.82 Å². The van der Waals surface area contributed by atoms with E-state index in [1.54, 1.807) is 4.90 Å². The molecular formula is C12H16N6O2. The van der Waals surface area contributed by atoms with E-state index in [0.29, 0.717) is 18.9 Å². The molecule has 0 saturated heterocycles. The predicted octanol–water partition coefficient (Wildman–Crippen LogP) is -0.308. The molecule has 1 amide bonds. The molecular weight excluding hydrogens is 260 g/mol. The fourth-order valence-corrected chi connectivity index (χ4v) is 1.80. The largest absolute Gasteiger partial charge is 0.342 e. The van der Waals surface area contributed by atoms with E-state index in [9.17, 15) is 9.59 Å². The zero-order valence-corrected chi connectivity index (χ0v) is 11.4. The Morgan fingerprint density at radius 2 is 2.05 bits per heavy atom. The minimum Gasteiger partial charge on any atom is -0.342 e. The molecule has 0 fully saturated rings. The summed E-state index contributed by atoms with van der Waals surface area (Å²) in [6.07, 6.45) is 2.85. The second-order valence-electron chi connectivity index (χ2n) is 4.09. The first-order chi connectivity index (χ1) is 9.65. The van der Waals surface area contributed by atoms with Crippen LogP contribution in [0.2, 0.25) is 0 Å². The van der Waals surface area contributed by atoms with Gasteiger partial charge in [0.25, 0.3) is 5.56 Å². The van der Waals surface area contributed by atoms with Crippen molar-refractivity contribution in [3.63, 3.8) is 0 Å². The fourth-order valence-electron chi connectivity index (χ4n) is 1.80. The number of hydrogen-bond donors (Lipinski definition) is 0. The summed E-state index contributed by atoms with van der Waals surface area (Å²) in [7, 11) is 0. The maximum atomic E-state index is 12.0. The summed E-state index contributed by atoms with van der Waals surface area (Å²) >= 11 is 0. The van der Waals surface area contributed by atoms with Gasteiger partial charge in [-0.15, -0.1) is 5.10 Å². The van der Waals surface area contributed by atoms with Crippen molar-refractivity contribution in [3.8, 4) is 5.82 Å². The standard InChI is InChI=1S/C12H16N6O2/c1-3-16(4-2)12(20)7-17-11(19)6-5-10(15-17)18-9-13-8-14-18/h5-6,8-9H,3-4,7H2,1-2H3. The minimum absolute atomic E-state index is 0.0803. The summed E-state index contributed by atoms with van der Waals surface area (Å²) in [6.45, 7) is 4.91. The van der Waals surface area contributed by atoms with Crippen molar-refractivity contribution in [2.75, 3.05) is 13.1 Å². The summed E-state index contributed by atoms with van der Waals surface area (Å²) in [6, 6.07) is 2.90. The van der Waals surface area contributed by atoms with Crippen LogP contribution < -0.4 is 5.56 Å². The van der Waals surface area contributed by atoms with Gasteiger partial charge < -0.3 is 4.90 Å². The summed E-state index contributed by atoms with van der Waals surface area (Å²) in [5.74, 6) is 0.301. The van der Waals surface area contributed by atoms with E-state index in [-0.39, 0.29) is 18.0 Å². The molecule has 2 rings (SSSR count). The average molecular weight is 276 g/mol. The molecule has 0 atom stereocenters. The Hall–Kier alpha value is -2.51. The lowest BCUT2D eigenvalue weighted by Crippen LogP contribution is -2.37. The smallest absolute Gasteiger partial charge is 0.267 e. The molecule has 2 aromatic rings. The average Bonchev–Trinajstić information content (AvgIpc) is 2.96. The van der Waals surface area contributed by atoms with Gasteiger partial charge in [0, 0.05) is 19.2 Å². The fraction of sp³-hybridized carbons (Fsp3) is 0.417. The maximum absolute atomic E-state index is 12.0. The molecule has 0 aromatic carbocycles. The van der Waals surface area contributed by atoms with Gasteiger partial charge in [-0.25, -0.2) is 14.3 Å². The Kier molecular flexibility index (Phi) is 4.24. The summed E-state index contributed by atoms with van der Waals surface area (Å²) < 4.78 is 2.56. The van der Waals surface area contributed by atoms with Crippen molar-refractivity contribution < 1.29 is 4.79 Å². The van der Waals surface area contributed by atoms with E-state index in [4.69, 9.17) is 0 Å². The molecule has 0 N–H and O–H groups in total. The van der Waals surface area contributed by atoms with Crippen LogP contribution in [0.25, 0.3) is 5.82 Å². The summed E-state index contributed by atoms with van der Waals surface area (Å²) in [5, 5.41) is 8.06. The third kappa shape index (κ3) is 2.90. The van der Waals surface area contributed by atoms with Crippen LogP contribution in [0.3, 0.4) is 0 Å². The molecule has 0 bridgehead atoms. The van der Waals surface area contributed by atoms with Gasteiger partial charge in [-0.1, -0.05) is 0 Å². The summed E-state index contributed by atoms with van der Waals surface area (Å²) in [4.78, 5) is 29.2. The second kappa shape index (κ2) is 6.09. The van der Waals surface area contributed by atoms with Gasteiger partial charge in [0.1, 0.15) is 19.2 Å². The SMILES string of the molecule is CCN(CC)C(=O)Cn1nc(-n2cncn2)ccc1=O. The summed E-state index contributed by atoms with van der Waals surface area (Å²) in [5.41, 5.74) is -0.325. The lowest BCUT2D eigenvalue weighted by molar-refractivity contribution is -0.131. The number of hydrogen-bond acceptors (Lipinski definition) is 5. The Morgan fingerprint density at radius 1 is 1.30 bits per heavy atom. The Balaban J connectivity index is 2.26. The number of rotatable bonds is 5. The molecule has 2 aromatic heterocycles. The van der Waals surface area contributed by atoms with E-state index < -0.39 is 0 Å². The molecule has 0 spiro atoms. The van der Waals surface area contributed by atoms with Crippen molar-refractivity contribution in [2.24, 2.45) is 0 Å². The third-order valence-electron chi connectivity index (χ3n) is 2.91. The van der Waals surface area contributed by atoms with Gasteiger partial charge in [-0.05, 0) is 19.9 Å². The number of aromatic nitrogens is 5. The van der Waals surface area contributed by atoms with E-state index in [1.807, 2.05) is 13.8 Å². The van der Waals surface area contributed by atoms with Crippen LogP contribution in [-0.2, 0) is 11.3 Å². The third-order valence-corrected chi connectivity index (χ3v) is 2.91. The molecule has 20 heavy (non-hydrogen) atoms. The lowest BCUT2D eigenvalue weighted by Gasteiger charge is -2.18. The van der Waals surface area contributed by atoms with Gasteiger partial charge in [-0.2, -0.15) is 5.10 Å². The molecule has 0 saturated carbocycles. The van der Waals surface area contributed by atoms with Crippen molar-refractivity contribution in [3.05, 3.63) is 35.1 Å². The first-order valence-electron chi connectivity index (χ1n) is 6.36. The predicted molar refractivity (Wildman–Crippen MR) is 71.3 cm³/mol. The van der Waals surface area contributed by atoms with Gasteiger partial charge in [0.05, 0.1) is 0 Å². The normalized spacial score (nSPS) is 10.5. The zero-order valence-electron chi connectivity index (χ0n) is 11.4. The molecule has 8 nitrogen and oxygen atoms in total. The van der Waals surface area contributed by atoms with Crippen LogP contribution in [0.4, 0.5) is 0 Å². The minimum atomic E-state index is -0.325. The van der Waals surface area contributed by atoms with Crippen LogP contribution in [0.15, 0.2) is 29.6 Å². The molecule has 2 heterocycles. The Bertz CT molecular complexity index is 630. The van der Waals surface area contributed by atoms with Crippen molar-refractivity contribution >= 4 is 5.91 Å². The number of nitrogens with zero attached hydrogens (tertiary/aromatic N) is 6. The number of amides is 1. The van der Waals surface area contributed by atoms with Crippen molar-refractivity contribution in [1.82, 2.24) is 29.4 Å². The highest BCUT2D eigenvalue weighted by molar-refractivity contribution is 5.75. The highest BCUT2D eigenvalue weighted by atomic mass is 16.2. The number of carbonyl (C=O) groups is 1. The number of likely N-dealkylation sites (N-methyl/N-ethyl adjacent to an activating group) is 1. The van der Waals surface area contributed by atoms with Crippen LogP contribution in [0.1, 0.15) is 13.8 Å². The van der Waals surface area contributed by atoms with Crippen molar-refractivity contribution in [1.29, 1.82) is 0 Å². The Labute approximate surface area is 115 Å². The topological polar surface area (TPSA) is 85.9 Å². The van der Waals surface area contributed by atoms with E-state index in [0.717, 1.165) is 4.68 Å². The highest BCUT2D eigenvalue weighted by Gasteiger charge is 2.12. The van der Waals surface area contributed by atoms with Crippen LogP contribution in [0.5, 0.6) is 0 Å². The molecule has 0 aliphatic rings. The monoisotopic (exact) mass is 276 g/mol. The van der Waals surface area contributed by atoms with Gasteiger partial charge in [0.2, 0.25) is 5.91 Å². The number of carbonyl (C=O) groups excluding carboxylic acids is 1. The van der Waals surface area contributed by atoms with E-state index in [1.165, 1.54) is 29.5 Å². The molecule has 0 unspecified atom stereocenters. The zero-order chi connectivity index (χ0) is 14.5. The van der Waals surface area contributed by atoms with Crippen LogP contribution in [0, 0.1) is 0 Å². The first-order valence-corrected chi connectivity index (χ1v) is 6.36. The maximum Gasteiger partial charge on any atom is 0.267 e. The van der Waals surface area contributed by atoms with Gasteiger partial charge in [-0.3, -0.25) is 9.59 Å². The van der Waals surface area contributed by atoms with Crippen LogP contribution >= 0.6 is 0 Å². The quantitative estimate of drug-likeness (QED) is 0.748. The second-order valence-corrected chi connectivity index (χ2v) is 4.09. The molecule has 0 aliphatic heterocycles. The molecule has 8 heteroatoms. The first kappa shape index (κ1) is 13.9. The molecule has 106 valence electrons. The lowest BCUT2D eigenvalue weighted by atomic mass is 10.4. The van der Waals surface area contributed by atoms with Gasteiger partial charge >= 0.3 is 0 Å². The van der Waals surface area contributed by atoms with E-state index >= 15 is 0 Å². The molecule has 0 radical (unpaired) electrons. The van der Waals surface area contributed by atoms with Crippen LogP contribution in [-0.4, -0.2) is 48.4 Å². The molecule has 0 aliphatic carbocycles. The van der Waals surface area contributed by atoms with E-state index in [2.05, 4.69) is 15.2 Å². The Morgan fingerprint density at radius 3 is 2.65 bits per heavy atom. The highest BCUT2D eigenvalue weighted by Crippen LogP contribution is 1.98. The van der Waals surface area contributed by atoms with Crippen molar-refractivity contribution in [2.45, 2.75) is 20.4 Å².